The molecule has 0 aliphatic heterocycles. The third-order valence-electron chi connectivity index (χ3n) is 6.79. The van der Waals surface area contributed by atoms with Crippen LogP contribution in [0.1, 0.15) is 80.1 Å². The average molecular weight is 628 g/mol. The van der Waals surface area contributed by atoms with Gasteiger partial charge in [-0.2, -0.15) is 0 Å². The quantitative estimate of drug-likeness (QED) is 0.0399. The fraction of sp³-hybridized carbons (Fsp3) is 0.750. The molecule has 44 heavy (non-hydrogen) atoms. The Balaban J connectivity index is 5.88. The minimum atomic E-state index is -1.52. The number of hydrogen-bond donors (Lipinski definition) is 9. The maximum atomic E-state index is 13.4. The first-order valence-electron chi connectivity index (χ1n) is 14.9. The van der Waals surface area contributed by atoms with Crippen LogP contribution in [0.4, 0.5) is 0 Å². The van der Waals surface area contributed by atoms with Crippen molar-refractivity contribution in [3.05, 3.63) is 0 Å². The number of carboxylic acids is 1. The van der Waals surface area contributed by atoms with Gasteiger partial charge in [-0.1, -0.05) is 48.0 Å². The lowest BCUT2D eigenvalue weighted by Gasteiger charge is -2.29. The van der Waals surface area contributed by atoms with Crippen LogP contribution >= 0.6 is 0 Å². The summed E-state index contributed by atoms with van der Waals surface area (Å²) in [5, 5.41) is 19.7. The fourth-order valence-corrected chi connectivity index (χ4v) is 4.26. The third kappa shape index (κ3) is 16.0. The summed E-state index contributed by atoms with van der Waals surface area (Å²) in [5.41, 5.74) is 21.8. The number of nitrogens with one attached hydrogen (secondary N) is 4. The molecule has 16 heteroatoms. The van der Waals surface area contributed by atoms with Gasteiger partial charge in [-0.3, -0.25) is 29.0 Å². The second kappa shape index (κ2) is 20.1. The van der Waals surface area contributed by atoms with Gasteiger partial charge in [0.25, 0.3) is 0 Å². The summed E-state index contributed by atoms with van der Waals surface area (Å²) in [6, 6.07) is -5.86. The number of hydrogen-bond acceptors (Lipinski definition) is 8. The van der Waals surface area contributed by atoms with E-state index in [0.29, 0.717) is 12.8 Å². The van der Waals surface area contributed by atoms with Crippen LogP contribution in [-0.2, 0) is 28.8 Å². The molecule has 16 nitrogen and oxygen atoms in total. The second-order valence-electron chi connectivity index (χ2n) is 11.9. The van der Waals surface area contributed by atoms with Gasteiger partial charge >= 0.3 is 5.97 Å². The van der Waals surface area contributed by atoms with Gasteiger partial charge in [-0.15, -0.1) is 0 Å². The first-order chi connectivity index (χ1) is 20.4. The number of rotatable bonds is 21. The van der Waals surface area contributed by atoms with Gasteiger partial charge < -0.3 is 49.3 Å². The highest BCUT2D eigenvalue weighted by molar-refractivity contribution is 5.97. The van der Waals surface area contributed by atoms with Crippen molar-refractivity contribution < 1.29 is 33.9 Å². The van der Waals surface area contributed by atoms with Crippen molar-refractivity contribution in [1.82, 2.24) is 21.3 Å². The number of aliphatic imine (C=N–C) groups is 1. The van der Waals surface area contributed by atoms with Crippen molar-refractivity contribution in [3.63, 3.8) is 0 Å². The molecule has 0 aliphatic rings. The topological polar surface area (TPSA) is 287 Å². The standard InChI is InChI=1S/C28H53N9O7/c1-7-16(6)22(37-23(39)17(29)11-14(2)3)26(42)36-19(12-15(4)5)24(40)35-20(13-21(30)38)25(41)34-18(27(43)44)9-8-10-33-28(31)32/h14-20,22H,7-13,29H2,1-6H3,(H2,30,38)(H,34,41)(H,35,40)(H,36,42)(H,37,39)(H,43,44)(H4,31,32,33)/t16-,17-,18-,19-,20-,22-/m0/s1. The van der Waals surface area contributed by atoms with E-state index in [1.54, 1.807) is 6.92 Å². The van der Waals surface area contributed by atoms with E-state index in [1.807, 2.05) is 34.6 Å². The largest absolute Gasteiger partial charge is 0.480 e. The predicted octanol–water partition coefficient (Wildman–Crippen LogP) is -1.60. The molecule has 0 aromatic rings. The monoisotopic (exact) mass is 627 g/mol. The van der Waals surface area contributed by atoms with Gasteiger partial charge in [0.15, 0.2) is 5.96 Å². The van der Waals surface area contributed by atoms with Gasteiger partial charge in [0, 0.05) is 6.54 Å². The molecule has 0 unspecified atom stereocenters. The fourth-order valence-electron chi connectivity index (χ4n) is 4.26. The van der Waals surface area contributed by atoms with Crippen LogP contribution in [0, 0.1) is 17.8 Å². The van der Waals surface area contributed by atoms with Crippen LogP contribution in [0.3, 0.4) is 0 Å². The van der Waals surface area contributed by atoms with Gasteiger partial charge in [-0.25, -0.2) is 4.79 Å². The smallest absolute Gasteiger partial charge is 0.326 e. The normalized spacial score (nSPS) is 15.2. The first kappa shape index (κ1) is 40.1. The molecule has 0 aromatic heterocycles. The van der Waals surface area contributed by atoms with Crippen molar-refractivity contribution in [2.24, 2.45) is 45.7 Å². The highest BCUT2D eigenvalue weighted by atomic mass is 16.4. The molecule has 5 amide bonds. The molecule has 0 saturated carbocycles. The molecule has 0 heterocycles. The van der Waals surface area contributed by atoms with Gasteiger partial charge in [0.05, 0.1) is 12.5 Å². The van der Waals surface area contributed by atoms with Gasteiger partial charge in [0.2, 0.25) is 29.5 Å². The number of carbonyl (C=O) groups is 6. The lowest BCUT2D eigenvalue weighted by Crippen LogP contribution is -2.60. The van der Waals surface area contributed by atoms with E-state index >= 15 is 0 Å². The Morgan fingerprint density at radius 3 is 1.73 bits per heavy atom. The maximum absolute atomic E-state index is 13.4. The molecule has 0 bridgehead atoms. The summed E-state index contributed by atoms with van der Waals surface area (Å²) in [5.74, 6) is -5.53. The van der Waals surface area contributed by atoms with Gasteiger partial charge in [-0.05, 0) is 43.4 Å². The zero-order valence-corrected chi connectivity index (χ0v) is 26.7. The number of nitrogens with two attached hydrogens (primary N) is 4. The maximum Gasteiger partial charge on any atom is 0.326 e. The van der Waals surface area contributed by atoms with E-state index in [0.717, 1.165) is 0 Å². The molecule has 0 rings (SSSR count). The minimum absolute atomic E-state index is 0.0370. The average Bonchev–Trinajstić information content (AvgIpc) is 2.90. The van der Waals surface area contributed by atoms with Crippen LogP contribution in [0.5, 0.6) is 0 Å². The zero-order valence-electron chi connectivity index (χ0n) is 26.7. The van der Waals surface area contributed by atoms with E-state index in [-0.39, 0.29) is 49.5 Å². The molecule has 0 radical (unpaired) electrons. The van der Waals surface area contributed by atoms with Crippen LogP contribution in [0.2, 0.25) is 0 Å². The van der Waals surface area contributed by atoms with Gasteiger partial charge in [0.1, 0.15) is 24.2 Å². The Morgan fingerprint density at radius 1 is 0.727 bits per heavy atom. The highest BCUT2D eigenvalue weighted by Gasteiger charge is 2.34. The van der Waals surface area contributed by atoms with Crippen molar-refractivity contribution in [1.29, 1.82) is 0 Å². The molecule has 0 saturated heterocycles. The van der Waals surface area contributed by atoms with Crippen molar-refractivity contribution in [3.8, 4) is 0 Å². The molecular formula is C28H53N9O7. The molecular weight excluding hydrogens is 574 g/mol. The Bertz CT molecular complexity index is 1020. The SMILES string of the molecule is CC[C@H](C)[C@H](NC(=O)[C@@H](N)CC(C)C)C(=O)N[C@@H](CC(C)C)C(=O)N[C@@H](CC(N)=O)C(=O)N[C@@H](CCCN=C(N)N)C(=O)O. The second-order valence-corrected chi connectivity index (χ2v) is 11.9. The van der Waals surface area contributed by atoms with Crippen LogP contribution in [0.15, 0.2) is 4.99 Å². The molecule has 252 valence electrons. The number of primary amides is 1. The minimum Gasteiger partial charge on any atom is -0.480 e. The number of aliphatic carboxylic acids is 1. The number of guanidine groups is 1. The molecule has 0 aliphatic carbocycles. The van der Waals surface area contributed by atoms with E-state index in [4.69, 9.17) is 22.9 Å². The number of nitrogens with zero attached hydrogens (tertiary/aromatic N) is 1. The molecule has 13 N–H and O–H groups in total. The van der Waals surface area contributed by atoms with E-state index in [9.17, 15) is 33.9 Å². The Hall–Kier alpha value is -3.95. The summed E-state index contributed by atoms with van der Waals surface area (Å²) >= 11 is 0. The number of amides is 5. The summed E-state index contributed by atoms with van der Waals surface area (Å²) in [6.07, 6.45) is 0.668. The molecule has 0 fully saturated rings. The Labute approximate surface area is 259 Å². The van der Waals surface area contributed by atoms with Crippen molar-refractivity contribution in [2.75, 3.05) is 6.54 Å². The van der Waals surface area contributed by atoms with Crippen molar-refractivity contribution in [2.45, 2.75) is 110 Å². The number of carboxylic acid groups (broad SMARTS) is 1. The third-order valence-corrected chi connectivity index (χ3v) is 6.79. The summed E-state index contributed by atoms with van der Waals surface area (Å²) in [6.45, 7) is 11.2. The van der Waals surface area contributed by atoms with Crippen LogP contribution < -0.4 is 44.2 Å². The zero-order chi connectivity index (χ0) is 34.1. The summed E-state index contributed by atoms with van der Waals surface area (Å²) in [7, 11) is 0. The predicted molar refractivity (Wildman–Crippen MR) is 165 cm³/mol. The molecule has 0 spiro atoms. The summed E-state index contributed by atoms with van der Waals surface area (Å²) in [4.78, 5) is 79.8. The van der Waals surface area contributed by atoms with Crippen molar-refractivity contribution >= 4 is 41.5 Å². The number of carbonyl (C=O) groups excluding carboxylic acids is 5. The van der Waals surface area contributed by atoms with E-state index in [2.05, 4.69) is 26.3 Å². The Kier molecular flexibility index (Phi) is 18.3. The molecule has 6 atom stereocenters. The lowest BCUT2D eigenvalue weighted by molar-refractivity contribution is -0.142. The van der Waals surface area contributed by atoms with E-state index < -0.39 is 72.1 Å². The Morgan fingerprint density at radius 2 is 1.25 bits per heavy atom. The van der Waals surface area contributed by atoms with Crippen LogP contribution in [0.25, 0.3) is 0 Å². The lowest BCUT2D eigenvalue weighted by atomic mass is 9.95. The first-order valence-corrected chi connectivity index (χ1v) is 14.9. The van der Waals surface area contributed by atoms with E-state index in [1.165, 1.54) is 0 Å². The van der Waals surface area contributed by atoms with Crippen LogP contribution in [-0.4, -0.2) is 83.3 Å². The summed E-state index contributed by atoms with van der Waals surface area (Å²) < 4.78 is 0. The molecule has 0 aromatic carbocycles. The highest BCUT2D eigenvalue weighted by Crippen LogP contribution is 2.12.